The van der Waals surface area contributed by atoms with Crippen LogP contribution in [0.1, 0.15) is 41.9 Å². The monoisotopic (exact) mass is 375 g/mol. The number of benzene rings is 1. The van der Waals surface area contributed by atoms with Gasteiger partial charge < -0.3 is 10.2 Å². The van der Waals surface area contributed by atoms with E-state index in [-0.39, 0.29) is 24.1 Å². The van der Waals surface area contributed by atoms with Crippen molar-refractivity contribution in [3.05, 3.63) is 51.7 Å². The number of aromatic nitrogens is 1. The van der Waals surface area contributed by atoms with Crippen LogP contribution in [0.15, 0.2) is 29.6 Å². The Morgan fingerprint density at radius 3 is 2.73 bits per heavy atom. The summed E-state index contributed by atoms with van der Waals surface area (Å²) in [6.07, 6.45) is 1.82. The van der Waals surface area contributed by atoms with Gasteiger partial charge in [0.1, 0.15) is 5.82 Å². The maximum absolute atomic E-state index is 13.7. The molecular formula is C19H22FN3O2S. The van der Waals surface area contributed by atoms with Gasteiger partial charge in [-0.25, -0.2) is 9.37 Å². The van der Waals surface area contributed by atoms with Gasteiger partial charge in [0.25, 0.3) is 0 Å². The van der Waals surface area contributed by atoms with Crippen molar-refractivity contribution in [1.29, 1.82) is 0 Å². The van der Waals surface area contributed by atoms with Crippen molar-refractivity contribution < 1.29 is 14.0 Å². The molecule has 0 unspecified atom stereocenters. The Balaban J connectivity index is 1.52. The molecule has 26 heavy (non-hydrogen) atoms. The smallest absolute Gasteiger partial charge is 0.227 e. The zero-order valence-electron chi connectivity index (χ0n) is 14.7. The lowest BCUT2D eigenvalue weighted by Gasteiger charge is -2.31. The molecule has 1 saturated heterocycles. The lowest BCUT2D eigenvalue weighted by molar-refractivity contribution is -0.131. The quantitative estimate of drug-likeness (QED) is 0.874. The molecule has 0 atom stereocenters. The van der Waals surface area contributed by atoms with E-state index in [0.717, 1.165) is 23.5 Å². The number of piperidine rings is 1. The van der Waals surface area contributed by atoms with Crippen LogP contribution in [0.2, 0.25) is 0 Å². The first-order valence-electron chi connectivity index (χ1n) is 8.73. The van der Waals surface area contributed by atoms with Crippen molar-refractivity contribution >= 4 is 23.2 Å². The Kier molecular flexibility index (Phi) is 5.98. The normalized spacial score (nSPS) is 15.1. The lowest BCUT2D eigenvalue weighted by atomic mass is 9.97. The largest absolute Gasteiger partial charge is 0.351 e. The molecule has 1 aromatic heterocycles. The van der Waals surface area contributed by atoms with Crippen LogP contribution in [0, 0.1) is 5.82 Å². The summed E-state index contributed by atoms with van der Waals surface area (Å²) in [5, 5.41) is 5.78. The van der Waals surface area contributed by atoms with Crippen molar-refractivity contribution in [2.75, 3.05) is 13.1 Å². The zero-order valence-corrected chi connectivity index (χ0v) is 15.5. The SMILES string of the molecule is CC(=O)NCc1csc(C2CCN(C(=O)Cc3ccccc3F)CC2)n1. The van der Waals surface area contributed by atoms with Gasteiger partial charge in [0.05, 0.1) is 23.7 Å². The number of halogens is 1. The summed E-state index contributed by atoms with van der Waals surface area (Å²) >= 11 is 1.61. The second-order valence-electron chi connectivity index (χ2n) is 6.51. The lowest BCUT2D eigenvalue weighted by Crippen LogP contribution is -2.38. The Hall–Kier alpha value is -2.28. The molecule has 3 rings (SSSR count). The molecule has 1 N–H and O–H groups in total. The summed E-state index contributed by atoms with van der Waals surface area (Å²) in [5.41, 5.74) is 1.32. The molecule has 0 saturated carbocycles. The van der Waals surface area contributed by atoms with E-state index in [1.54, 1.807) is 29.5 Å². The van der Waals surface area contributed by atoms with E-state index < -0.39 is 0 Å². The number of hydrogen-bond donors (Lipinski definition) is 1. The highest BCUT2D eigenvalue weighted by Crippen LogP contribution is 2.30. The molecule has 1 aliphatic rings. The van der Waals surface area contributed by atoms with Crippen LogP contribution in [0.3, 0.4) is 0 Å². The summed E-state index contributed by atoms with van der Waals surface area (Å²) in [6, 6.07) is 6.42. The van der Waals surface area contributed by atoms with Crippen LogP contribution in [-0.4, -0.2) is 34.8 Å². The molecule has 2 amide bonds. The highest BCUT2D eigenvalue weighted by atomic mass is 32.1. The number of thiazole rings is 1. The number of nitrogens with zero attached hydrogens (tertiary/aromatic N) is 2. The third kappa shape index (κ3) is 4.66. The van der Waals surface area contributed by atoms with Crippen LogP contribution in [0.5, 0.6) is 0 Å². The molecule has 2 aromatic rings. The van der Waals surface area contributed by atoms with E-state index >= 15 is 0 Å². The van der Waals surface area contributed by atoms with E-state index in [2.05, 4.69) is 10.3 Å². The molecule has 0 bridgehead atoms. The van der Waals surface area contributed by atoms with Crippen LogP contribution in [0.25, 0.3) is 0 Å². The maximum atomic E-state index is 13.7. The van der Waals surface area contributed by atoms with Crippen molar-refractivity contribution in [1.82, 2.24) is 15.2 Å². The standard InChI is InChI=1S/C19H22FN3O2S/c1-13(24)21-11-16-12-26-19(22-16)14-6-8-23(9-7-14)18(25)10-15-4-2-3-5-17(15)20/h2-5,12,14H,6-11H2,1H3,(H,21,24). The average molecular weight is 375 g/mol. The molecule has 2 heterocycles. The Morgan fingerprint density at radius 2 is 2.04 bits per heavy atom. The van der Waals surface area contributed by atoms with E-state index in [1.165, 1.54) is 13.0 Å². The number of rotatable bonds is 5. The van der Waals surface area contributed by atoms with Crippen molar-refractivity contribution in [3.8, 4) is 0 Å². The molecule has 138 valence electrons. The average Bonchev–Trinajstić information content (AvgIpc) is 3.11. The first-order chi connectivity index (χ1) is 12.5. The van der Waals surface area contributed by atoms with Gasteiger partial charge in [-0.15, -0.1) is 11.3 Å². The van der Waals surface area contributed by atoms with Crippen molar-refractivity contribution in [2.24, 2.45) is 0 Å². The first kappa shape index (κ1) is 18.5. The van der Waals surface area contributed by atoms with Gasteiger partial charge in [-0.3, -0.25) is 9.59 Å². The number of carbonyl (C=O) groups is 2. The molecule has 7 heteroatoms. The van der Waals surface area contributed by atoms with Crippen LogP contribution < -0.4 is 5.32 Å². The number of likely N-dealkylation sites (tertiary alicyclic amines) is 1. The van der Waals surface area contributed by atoms with Gasteiger partial charge in [0, 0.05) is 31.3 Å². The number of hydrogen-bond acceptors (Lipinski definition) is 4. The van der Waals surface area contributed by atoms with Crippen LogP contribution in [-0.2, 0) is 22.6 Å². The molecule has 0 aliphatic carbocycles. The summed E-state index contributed by atoms with van der Waals surface area (Å²) in [6.45, 7) is 3.27. The van der Waals surface area contributed by atoms with Crippen LogP contribution >= 0.6 is 11.3 Å². The summed E-state index contributed by atoms with van der Waals surface area (Å²) < 4.78 is 13.7. The summed E-state index contributed by atoms with van der Waals surface area (Å²) in [7, 11) is 0. The van der Waals surface area contributed by atoms with E-state index in [1.807, 2.05) is 10.3 Å². The number of carbonyl (C=O) groups excluding carboxylic acids is 2. The topological polar surface area (TPSA) is 62.3 Å². The molecule has 1 aliphatic heterocycles. The van der Waals surface area contributed by atoms with E-state index in [0.29, 0.717) is 31.1 Å². The maximum Gasteiger partial charge on any atom is 0.227 e. The zero-order chi connectivity index (χ0) is 18.5. The highest BCUT2D eigenvalue weighted by Gasteiger charge is 2.26. The Bertz CT molecular complexity index is 785. The second-order valence-corrected chi connectivity index (χ2v) is 7.40. The number of nitrogens with one attached hydrogen (secondary N) is 1. The molecular weight excluding hydrogens is 353 g/mol. The number of amides is 2. The van der Waals surface area contributed by atoms with Crippen molar-refractivity contribution in [2.45, 2.75) is 38.6 Å². The molecule has 0 radical (unpaired) electrons. The van der Waals surface area contributed by atoms with Gasteiger partial charge >= 0.3 is 0 Å². The van der Waals surface area contributed by atoms with Gasteiger partial charge in [-0.1, -0.05) is 18.2 Å². The first-order valence-corrected chi connectivity index (χ1v) is 9.61. The fourth-order valence-corrected chi connectivity index (χ4v) is 4.09. The van der Waals surface area contributed by atoms with Gasteiger partial charge in [0.2, 0.25) is 11.8 Å². The fraction of sp³-hybridized carbons (Fsp3) is 0.421. The fourth-order valence-electron chi connectivity index (χ4n) is 3.10. The molecule has 1 fully saturated rings. The van der Waals surface area contributed by atoms with E-state index in [4.69, 9.17) is 0 Å². The predicted molar refractivity (Wildman–Crippen MR) is 98.3 cm³/mol. The van der Waals surface area contributed by atoms with Crippen LogP contribution in [0.4, 0.5) is 4.39 Å². The minimum Gasteiger partial charge on any atom is -0.351 e. The predicted octanol–water partition coefficient (Wildman–Crippen LogP) is 2.87. The Morgan fingerprint density at radius 1 is 1.31 bits per heavy atom. The van der Waals surface area contributed by atoms with Gasteiger partial charge in [-0.2, -0.15) is 0 Å². The minimum atomic E-state index is -0.328. The third-order valence-corrected chi connectivity index (χ3v) is 5.64. The van der Waals surface area contributed by atoms with Gasteiger partial charge in [0.15, 0.2) is 0 Å². The van der Waals surface area contributed by atoms with E-state index in [9.17, 15) is 14.0 Å². The minimum absolute atomic E-state index is 0.0287. The summed E-state index contributed by atoms with van der Waals surface area (Å²) in [5.74, 6) is -0.0888. The summed E-state index contributed by atoms with van der Waals surface area (Å²) in [4.78, 5) is 29.8. The molecule has 5 nitrogen and oxygen atoms in total. The Labute approximate surface area is 156 Å². The van der Waals surface area contributed by atoms with Crippen molar-refractivity contribution in [3.63, 3.8) is 0 Å². The third-order valence-electron chi connectivity index (χ3n) is 4.58. The molecule has 0 spiro atoms. The molecule has 1 aromatic carbocycles. The highest BCUT2D eigenvalue weighted by molar-refractivity contribution is 7.09. The second kappa shape index (κ2) is 8.40. The van der Waals surface area contributed by atoms with Gasteiger partial charge in [-0.05, 0) is 24.5 Å².